The van der Waals surface area contributed by atoms with Crippen LogP contribution in [0.1, 0.15) is 46.5 Å². The van der Waals surface area contributed by atoms with E-state index in [1.54, 1.807) is 0 Å². The number of ether oxygens (including phenoxy) is 1. The first-order chi connectivity index (χ1) is 6.27. The minimum atomic E-state index is 0.612. The van der Waals surface area contributed by atoms with Crippen LogP contribution in [0.15, 0.2) is 0 Å². The molecule has 0 rings (SSSR count). The van der Waals surface area contributed by atoms with Crippen molar-refractivity contribution in [3.63, 3.8) is 0 Å². The Balaban J connectivity index is 2.84. The lowest BCUT2D eigenvalue weighted by molar-refractivity contribution is 0.127. The van der Waals surface area contributed by atoms with Crippen molar-refractivity contribution in [2.75, 3.05) is 19.8 Å². The highest BCUT2D eigenvalue weighted by Gasteiger charge is 1.92. The van der Waals surface area contributed by atoms with Crippen LogP contribution in [-0.2, 0) is 4.74 Å². The van der Waals surface area contributed by atoms with E-state index in [9.17, 15) is 0 Å². The molecule has 13 heavy (non-hydrogen) atoms. The van der Waals surface area contributed by atoms with Crippen molar-refractivity contribution >= 4 is 0 Å². The zero-order valence-corrected chi connectivity index (χ0v) is 9.44. The molecule has 0 spiro atoms. The van der Waals surface area contributed by atoms with E-state index in [1.807, 2.05) is 0 Å². The van der Waals surface area contributed by atoms with Gasteiger partial charge in [-0.05, 0) is 25.8 Å². The second-order valence-electron chi connectivity index (χ2n) is 3.78. The van der Waals surface area contributed by atoms with Crippen molar-refractivity contribution in [3.8, 4) is 0 Å². The maximum atomic E-state index is 5.45. The molecule has 0 amide bonds. The Kier molecular flexibility index (Phi) is 9.94. The van der Waals surface area contributed by atoms with Crippen molar-refractivity contribution in [3.05, 3.63) is 0 Å². The van der Waals surface area contributed by atoms with Crippen LogP contribution in [0, 0.1) is 0 Å². The van der Waals surface area contributed by atoms with Gasteiger partial charge in [-0.15, -0.1) is 0 Å². The predicted octanol–water partition coefficient (Wildman–Crippen LogP) is 2.58. The van der Waals surface area contributed by atoms with Crippen LogP contribution in [0.3, 0.4) is 0 Å². The third-order valence-electron chi connectivity index (χ3n) is 1.91. The molecule has 0 bridgehead atoms. The highest BCUT2D eigenvalue weighted by Crippen LogP contribution is 1.92. The van der Waals surface area contributed by atoms with E-state index < -0.39 is 0 Å². The molecule has 1 N–H and O–H groups in total. The first kappa shape index (κ1) is 12.9. The van der Waals surface area contributed by atoms with Gasteiger partial charge in [-0.1, -0.05) is 27.2 Å². The normalized spacial score (nSPS) is 11.1. The number of hydrogen-bond acceptors (Lipinski definition) is 2. The van der Waals surface area contributed by atoms with Crippen LogP contribution in [0.25, 0.3) is 0 Å². The lowest BCUT2D eigenvalue weighted by Gasteiger charge is -2.07. The van der Waals surface area contributed by atoms with Crippen molar-refractivity contribution in [1.29, 1.82) is 0 Å². The minimum absolute atomic E-state index is 0.612. The number of hydrogen-bond donors (Lipinski definition) is 1. The van der Waals surface area contributed by atoms with Gasteiger partial charge in [0.05, 0.1) is 0 Å². The number of nitrogens with one attached hydrogen (secondary N) is 1. The van der Waals surface area contributed by atoms with Gasteiger partial charge in [0.25, 0.3) is 0 Å². The molecule has 2 nitrogen and oxygen atoms in total. The summed E-state index contributed by atoms with van der Waals surface area (Å²) in [5.41, 5.74) is 0. The Morgan fingerprint density at radius 3 is 2.38 bits per heavy atom. The third-order valence-corrected chi connectivity index (χ3v) is 1.91. The van der Waals surface area contributed by atoms with Crippen LogP contribution < -0.4 is 5.32 Å². The summed E-state index contributed by atoms with van der Waals surface area (Å²) in [6.07, 6.45) is 4.84. The van der Waals surface area contributed by atoms with Gasteiger partial charge >= 0.3 is 0 Å². The van der Waals surface area contributed by atoms with Crippen LogP contribution in [-0.4, -0.2) is 25.8 Å². The highest BCUT2D eigenvalue weighted by molar-refractivity contribution is 4.52. The molecule has 0 saturated carbocycles. The van der Waals surface area contributed by atoms with Gasteiger partial charge in [0.1, 0.15) is 0 Å². The van der Waals surface area contributed by atoms with Gasteiger partial charge in [0, 0.05) is 19.3 Å². The van der Waals surface area contributed by atoms with E-state index in [1.165, 1.54) is 25.7 Å². The number of unbranched alkanes of at least 4 members (excludes halogenated alkanes) is 2. The fourth-order valence-corrected chi connectivity index (χ4v) is 1.07. The average Bonchev–Trinajstić information content (AvgIpc) is 2.09. The fraction of sp³-hybridized carbons (Fsp3) is 1.00. The van der Waals surface area contributed by atoms with E-state index in [0.717, 1.165) is 19.8 Å². The average molecular weight is 187 g/mol. The molecule has 0 aliphatic heterocycles. The summed E-state index contributed by atoms with van der Waals surface area (Å²) in [5.74, 6) is 0. The maximum Gasteiger partial charge on any atom is 0.0466 e. The molecule has 0 aliphatic rings. The summed E-state index contributed by atoms with van der Waals surface area (Å²) in [6.45, 7) is 9.54. The summed E-state index contributed by atoms with van der Waals surface area (Å²) in [5, 5.41) is 3.39. The summed E-state index contributed by atoms with van der Waals surface area (Å²) >= 11 is 0. The monoisotopic (exact) mass is 187 g/mol. The summed E-state index contributed by atoms with van der Waals surface area (Å²) in [6, 6.07) is 0.612. The van der Waals surface area contributed by atoms with Gasteiger partial charge in [-0.3, -0.25) is 0 Å². The lowest BCUT2D eigenvalue weighted by atomic mass is 10.3. The molecule has 0 aromatic carbocycles. The summed E-state index contributed by atoms with van der Waals surface area (Å²) in [4.78, 5) is 0. The molecule has 0 aromatic heterocycles. The van der Waals surface area contributed by atoms with Gasteiger partial charge < -0.3 is 10.1 Å². The summed E-state index contributed by atoms with van der Waals surface area (Å²) < 4.78 is 5.45. The molecule has 0 aromatic rings. The van der Waals surface area contributed by atoms with Crippen molar-refractivity contribution in [1.82, 2.24) is 5.32 Å². The minimum Gasteiger partial charge on any atom is -0.381 e. The van der Waals surface area contributed by atoms with Crippen LogP contribution >= 0.6 is 0 Å². The third kappa shape index (κ3) is 11.9. The van der Waals surface area contributed by atoms with Crippen molar-refractivity contribution in [2.45, 2.75) is 52.5 Å². The van der Waals surface area contributed by atoms with Crippen LogP contribution in [0.5, 0.6) is 0 Å². The van der Waals surface area contributed by atoms with Gasteiger partial charge in [-0.2, -0.15) is 0 Å². The van der Waals surface area contributed by atoms with E-state index in [4.69, 9.17) is 4.74 Å². The smallest absolute Gasteiger partial charge is 0.0466 e. The second kappa shape index (κ2) is 10.0. The topological polar surface area (TPSA) is 21.3 Å². The molecule has 0 unspecified atom stereocenters. The van der Waals surface area contributed by atoms with E-state index >= 15 is 0 Å². The standard InChI is InChI=1S/C11H25NO/c1-4-5-9-13-10-7-6-8-12-11(2)3/h11-12H,4-10H2,1-3H3. The Morgan fingerprint density at radius 2 is 1.77 bits per heavy atom. The Bertz CT molecular complexity index is 94.1. The molecular formula is C11H25NO. The Hall–Kier alpha value is -0.0800. The largest absolute Gasteiger partial charge is 0.381 e. The van der Waals surface area contributed by atoms with Crippen molar-refractivity contribution < 1.29 is 4.74 Å². The molecule has 0 atom stereocenters. The molecule has 0 fully saturated rings. The maximum absolute atomic E-state index is 5.45. The zero-order valence-electron chi connectivity index (χ0n) is 9.44. The molecule has 2 heteroatoms. The SMILES string of the molecule is CCCCOCCCCNC(C)C. The fourth-order valence-electron chi connectivity index (χ4n) is 1.07. The highest BCUT2D eigenvalue weighted by atomic mass is 16.5. The van der Waals surface area contributed by atoms with E-state index in [0.29, 0.717) is 6.04 Å². The van der Waals surface area contributed by atoms with Crippen LogP contribution in [0.4, 0.5) is 0 Å². The van der Waals surface area contributed by atoms with E-state index in [-0.39, 0.29) is 0 Å². The second-order valence-corrected chi connectivity index (χ2v) is 3.78. The van der Waals surface area contributed by atoms with Crippen molar-refractivity contribution in [2.24, 2.45) is 0 Å². The quantitative estimate of drug-likeness (QED) is 0.560. The molecule has 80 valence electrons. The van der Waals surface area contributed by atoms with Crippen LogP contribution in [0.2, 0.25) is 0 Å². The lowest BCUT2D eigenvalue weighted by Crippen LogP contribution is -2.23. The Morgan fingerprint density at radius 1 is 1.08 bits per heavy atom. The molecule has 0 aliphatic carbocycles. The first-order valence-electron chi connectivity index (χ1n) is 5.58. The molecular weight excluding hydrogens is 162 g/mol. The zero-order chi connectivity index (χ0) is 9.94. The molecule has 0 heterocycles. The first-order valence-corrected chi connectivity index (χ1v) is 5.58. The summed E-state index contributed by atoms with van der Waals surface area (Å²) in [7, 11) is 0. The predicted molar refractivity (Wildman–Crippen MR) is 58.1 cm³/mol. The van der Waals surface area contributed by atoms with Gasteiger partial charge in [-0.25, -0.2) is 0 Å². The molecule has 0 radical (unpaired) electrons. The Labute approximate surface area is 83.1 Å². The molecule has 0 saturated heterocycles. The van der Waals surface area contributed by atoms with Gasteiger partial charge in [0.2, 0.25) is 0 Å². The van der Waals surface area contributed by atoms with E-state index in [2.05, 4.69) is 26.1 Å². The van der Waals surface area contributed by atoms with Gasteiger partial charge in [0.15, 0.2) is 0 Å². The number of rotatable bonds is 9.